The third kappa shape index (κ3) is 4.01. The minimum absolute atomic E-state index is 0.176. The lowest BCUT2D eigenvalue weighted by atomic mass is 10.1. The normalized spacial score (nSPS) is 13.3. The Bertz CT molecular complexity index is 1150. The van der Waals surface area contributed by atoms with E-state index < -0.39 is 5.82 Å². The first-order chi connectivity index (χ1) is 14.0. The van der Waals surface area contributed by atoms with Gasteiger partial charge in [-0.15, -0.1) is 5.10 Å². The Morgan fingerprint density at radius 1 is 1.17 bits per heavy atom. The van der Waals surface area contributed by atoms with E-state index in [0.29, 0.717) is 12.2 Å². The number of rotatable bonds is 6. The van der Waals surface area contributed by atoms with Crippen LogP contribution in [0.3, 0.4) is 0 Å². The molecule has 7 nitrogen and oxygen atoms in total. The quantitative estimate of drug-likeness (QED) is 0.494. The summed E-state index contributed by atoms with van der Waals surface area (Å²) in [5.74, 6) is -0.205. The number of nitrogens with zero attached hydrogens (tertiary/aromatic N) is 5. The predicted octanol–water partition coefficient (Wildman–Crippen LogP) is 2.83. The molecule has 0 aliphatic rings. The molecule has 0 saturated heterocycles. The first-order valence-electron chi connectivity index (χ1n) is 9.13. The highest BCUT2D eigenvalue weighted by Gasteiger charge is 2.19. The molecule has 4 rings (SSSR count). The molecule has 0 spiro atoms. The molecule has 1 unspecified atom stereocenters. The SMILES string of the molecule is C[C@H](c1ccc(-n2cncn2)cc1)[NH+](C)Cn1nc(-c2ccccc2F)oc1=S. The highest BCUT2D eigenvalue weighted by Crippen LogP contribution is 2.21. The minimum atomic E-state index is -0.391. The van der Waals surface area contributed by atoms with Crippen LogP contribution in [0.2, 0.25) is 0 Å². The van der Waals surface area contributed by atoms with Gasteiger partial charge in [-0.3, -0.25) is 0 Å². The highest BCUT2D eigenvalue weighted by molar-refractivity contribution is 7.71. The van der Waals surface area contributed by atoms with Gasteiger partial charge in [0.1, 0.15) is 24.5 Å². The van der Waals surface area contributed by atoms with Crippen molar-refractivity contribution < 1.29 is 13.7 Å². The van der Waals surface area contributed by atoms with E-state index in [-0.39, 0.29) is 16.8 Å². The van der Waals surface area contributed by atoms with Crippen molar-refractivity contribution in [2.75, 3.05) is 7.05 Å². The molecular formula is C20H20FN6OS+. The monoisotopic (exact) mass is 411 g/mol. The fourth-order valence-corrected chi connectivity index (χ4v) is 3.25. The molecule has 2 aromatic heterocycles. The Labute approximate surface area is 172 Å². The summed E-state index contributed by atoms with van der Waals surface area (Å²) in [6.45, 7) is 2.62. The lowest BCUT2D eigenvalue weighted by molar-refractivity contribution is -0.933. The molecule has 9 heteroatoms. The minimum Gasteiger partial charge on any atom is -0.409 e. The van der Waals surface area contributed by atoms with Crippen LogP contribution in [-0.2, 0) is 6.67 Å². The van der Waals surface area contributed by atoms with Crippen LogP contribution in [0.1, 0.15) is 18.5 Å². The smallest absolute Gasteiger partial charge is 0.292 e. The third-order valence-electron chi connectivity index (χ3n) is 4.93. The first kappa shape index (κ1) is 19.2. The van der Waals surface area contributed by atoms with Gasteiger partial charge in [0.15, 0.2) is 6.67 Å². The molecule has 29 heavy (non-hydrogen) atoms. The van der Waals surface area contributed by atoms with E-state index in [1.807, 2.05) is 12.1 Å². The van der Waals surface area contributed by atoms with Crippen LogP contribution < -0.4 is 4.90 Å². The lowest BCUT2D eigenvalue weighted by Crippen LogP contribution is -3.08. The van der Waals surface area contributed by atoms with Gasteiger partial charge in [0.2, 0.25) is 5.89 Å². The molecule has 0 fully saturated rings. The second-order valence-electron chi connectivity index (χ2n) is 6.81. The van der Waals surface area contributed by atoms with E-state index >= 15 is 0 Å². The van der Waals surface area contributed by atoms with Crippen molar-refractivity contribution in [3.8, 4) is 17.1 Å². The summed E-state index contributed by atoms with van der Waals surface area (Å²) < 4.78 is 22.8. The second-order valence-corrected chi connectivity index (χ2v) is 7.16. The fourth-order valence-electron chi connectivity index (χ4n) is 3.06. The van der Waals surface area contributed by atoms with Crippen molar-refractivity contribution in [3.05, 3.63) is 77.4 Å². The molecule has 2 atom stereocenters. The molecule has 0 aliphatic carbocycles. The van der Waals surface area contributed by atoms with E-state index in [0.717, 1.165) is 16.2 Å². The Balaban J connectivity index is 1.50. The third-order valence-corrected chi connectivity index (χ3v) is 5.22. The van der Waals surface area contributed by atoms with Gasteiger partial charge >= 0.3 is 0 Å². The van der Waals surface area contributed by atoms with Crippen LogP contribution in [0.15, 0.2) is 65.6 Å². The zero-order valence-corrected chi connectivity index (χ0v) is 16.8. The maximum Gasteiger partial charge on any atom is 0.292 e. The molecule has 0 radical (unpaired) electrons. The summed E-state index contributed by atoms with van der Waals surface area (Å²) in [4.78, 5) is 5.34. The Morgan fingerprint density at radius 3 is 2.62 bits per heavy atom. The Morgan fingerprint density at radius 2 is 1.93 bits per heavy atom. The van der Waals surface area contributed by atoms with Crippen molar-refractivity contribution in [1.82, 2.24) is 24.5 Å². The van der Waals surface area contributed by atoms with Gasteiger partial charge < -0.3 is 9.32 Å². The second kappa shape index (κ2) is 8.06. The van der Waals surface area contributed by atoms with E-state index in [1.54, 1.807) is 33.9 Å². The fraction of sp³-hybridized carbons (Fsp3) is 0.200. The number of halogens is 1. The van der Waals surface area contributed by atoms with E-state index in [2.05, 4.69) is 41.3 Å². The van der Waals surface area contributed by atoms with E-state index in [1.165, 1.54) is 12.4 Å². The zero-order valence-electron chi connectivity index (χ0n) is 16.0. The molecule has 0 bridgehead atoms. The lowest BCUT2D eigenvalue weighted by Gasteiger charge is -2.21. The largest absolute Gasteiger partial charge is 0.409 e. The van der Waals surface area contributed by atoms with Gasteiger partial charge in [0.05, 0.1) is 18.3 Å². The molecular weight excluding hydrogens is 391 g/mol. The Hall–Kier alpha value is -3.17. The zero-order chi connectivity index (χ0) is 20.4. The molecule has 2 heterocycles. The van der Waals surface area contributed by atoms with Crippen LogP contribution in [0, 0.1) is 10.7 Å². The van der Waals surface area contributed by atoms with Gasteiger partial charge in [-0.25, -0.2) is 14.1 Å². The molecule has 2 aromatic carbocycles. The number of hydrogen-bond donors (Lipinski definition) is 1. The Kier molecular flexibility index (Phi) is 5.32. The number of nitrogens with one attached hydrogen (secondary N) is 1. The summed E-state index contributed by atoms with van der Waals surface area (Å²) in [5, 5.41) is 8.51. The first-order valence-corrected chi connectivity index (χ1v) is 9.54. The van der Waals surface area contributed by atoms with Gasteiger partial charge in [0, 0.05) is 5.56 Å². The molecule has 1 N–H and O–H groups in total. The number of quaternary nitrogens is 1. The summed E-state index contributed by atoms with van der Waals surface area (Å²) in [6, 6.07) is 14.7. The van der Waals surface area contributed by atoms with Gasteiger partial charge in [-0.05, 0) is 43.4 Å². The average Bonchev–Trinajstić information content (AvgIpc) is 3.38. The van der Waals surface area contributed by atoms with Gasteiger partial charge in [-0.2, -0.15) is 9.78 Å². The topological polar surface area (TPSA) is 66.1 Å². The number of hydrogen-bond acceptors (Lipinski definition) is 5. The van der Waals surface area contributed by atoms with Crippen LogP contribution >= 0.6 is 12.2 Å². The van der Waals surface area contributed by atoms with Gasteiger partial charge in [0.25, 0.3) is 4.84 Å². The number of benzene rings is 2. The molecule has 0 aliphatic heterocycles. The average molecular weight is 411 g/mol. The summed E-state index contributed by atoms with van der Waals surface area (Å²) >= 11 is 5.28. The van der Waals surface area contributed by atoms with E-state index in [9.17, 15) is 4.39 Å². The van der Waals surface area contributed by atoms with Crippen molar-refractivity contribution in [2.24, 2.45) is 0 Å². The van der Waals surface area contributed by atoms with Crippen molar-refractivity contribution >= 4 is 12.2 Å². The van der Waals surface area contributed by atoms with Crippen molar-refractivity contribution in [2.45, 2.75) is 19.6 Å². The van der Waals surface area contributed by atoms with Crippen LogP contribution in [0.5, 0.6) is 0 Å². The molecule has 4 aromatic rings. The maximum atomic E-state index is 14.0. The van der Waals surface area contributed by atoms with E-state index in [4.69, 9.17) is 16.6 Å². The van der Waals surface area contributed by atoms with Crippen LogP contribution in [0.25, 0.3) is 17.1 Å². The van der Waals surface area contributed by atoms with Crippen molar-refractivity contribution in [1.29, 1.82) is 0 Å². The summed E-state index contributed by atoms with van der Waals surface area (Å²) in [7, 11) is 2.05. The maximum absolute atomic E-state index is 14.0. The predicted molar refractivity (Wildman–Crippen MR) is 107 cm³/mol. The number of aromatic nitrogens is 5. The van der Waals surface area contributed by atoms with Crippen LogP contribution in [0.4, 0.5) is 4.39 Å². The van der Waals surface area contributed by atoms with Crippen LogP contribution in [-0.4, -0.2) is 31.6 Å². The molecule has 148 valence electrons. The highest BCUT2D eigenvalue weighted by atomic mass is 32.1. The van der Waals surface area contributed by atoms with Gasteiger partial charge in [-0.1, -0.05) is 24.3 Å². The molecule has 0 amide bonds. The summed E-state index contributed by atoms with van der Waals surface area (Å²) in [5.41, 5.74) is 2.41. The molecule has 0 saturated carbocycles. The van der Waals surface area contributed by atoms with Crippen molar-refractivity contribution in [3.63, 3.8) is 0 Å². The summed E-state index contributed by atoms with van der Waals surface area (Å²) in [6.07, 6.45) is 3.17. The standard InChI is InChI=1S/C20H19FN6OS/c1-14(15-7-9-16(10-8-15)26-12-22-11-23-26)25(2)13-27-20(29)28-19(24-27)17-5-3-4-6-18(17)21/h3-12,14H,13H2,1-2H3/p+1/t14-/m1/s1.